The number of hydrogen-bond donors (Lipinski definition) is 2. The number of amides is 2. The number of nitrogens with zero attached hydrogens (tertiary/aromatic N) is 2. The standard InChI is InChI=1S/C28H29N3O3/c1-19(24(32)18-17-20-11-5-3-6-12-20)27(33)30-26-28(34)31(2)23-16-10-9-15-22(23)25(29-26)21-13-7-4-8-14-21/h3-16,19,24,26,32H,17-18H2,1-2H3,(H,30,33)/t19?,24-,26?/m0/s1. The Hall–Kier alpha value is -3.77. The number of aliphatic imine (C=N–C) groups is 1. The molecule has 34 heavy (non-hydrogen) atoms. The van der Waals surface area contributed by atoms with E-state index >= 15 is 0 Å². The number of fused-ring (bicyclic) bond motifs is 1. The number of anilines is 1. The summed E-state index contributed by atoms with van der Waals surface area (Å²) >= 11 is 0. The summed E-state index contributed by atoms with van der Waals surface area (Å²) in [6, 6.07) is 27.0. The molecule has 3 atom stereocenters. The molecule has 6 heteroatoms. The van der Waals surface area contributed by atoms with Crippen LogP contribution < -0.4 is 10.2 Å². The van der Waals surface area contributed by atoms with Crippen LogP contribution in [-0.4, -0.2) is 41.9 Å². The van der Waals surface area contributed by atoms with Gasteiger partial charge in [-0.05, 0) is 24.5 Å². The van der Waals surface area contributed by atoms with Gasteiger partial charge in [0.1, 0.15) is 0 Å². The molecule has 0 radical (unpaired) electrons. The lowest BCUT2D eigenvalue weighted by molar-refractivity contribution is -0.132. The summed E-state index contributed by atoms with van der Waals surface area (Å²) < 4.78 is 0. The van der Waals surface area contributed by atoms with Gasteiger partial charge < -0.3 is 15.3 Å². The van der Waals surface area contributed by atoms with Gasteiger partial charge in [-0.25, -0.2) is 4.99 Å². The van der Waals surface area contributed by atoms with Gasteiger partial charge in [-0.1, -0.05) is 85.8 Å². The van der Waals surface area contributed by atoms with Gasteiger partial charge in [-0.3, -0.25) is 9.59 Å². The van der Waals surface area contributed by atoms with Crippen LogP contribution in [0.15, 0.2) is 89.9 Å². The van der Waals surface area contributed by atoms with Gasteiger partial charge in [0.05, 0.1) is 23.4 Å². The zero-order valence-electron chi connectivity index (χ0n) is 19.4. The number of para-hydroxylation sites is 1. The van der Waals surface area contributed by atoms with E-state index in [-0.39, 0.29) is 5.91 Å². The Kier molecular flexibility index (Phi) is 7.18. The minimum absolute atomic E-state index is 0.335. The number of carbonyl (C=O) groups excluding carboxylic acids is 2. The predicted octanol–water partition coefficient (Wildman–Crippen LogP) is 3.57. The van der Waals surface area contributed by atoms with Crippen LogP contribution in [0.2, 0.25) is 0 Å². The molecule has 0 aliphatic carbocycles. The second-order valence-electron chi connectivity index (χ2n) is 8.55. The lowest BCUT2D eigenvalue weighted by Crippen LogP contribution is -2.49. The van der Waals surface area contributed by atoms with Gasteiger partial charge in [-0.15, -0.1) is 0 Å². The third-order valence-electron chi connectivity index (χ3n) is 6.23. The van der Waals surface area contributed by atoms with Crippen LogP contribution in [0.1, 0.15) is 30.0 Å². The Bertz CT molecular complexity index is 1180. The van der Waals surface area contributed by atoms with Crippen molar-refractivity contribution in [2.75, 3.05) is 11.9 Å². The van der Waals surface area contributed by atoms with E-state index in [0.29, 0.717) is 18.6 Å². The molecule has 0 fully saturated rings. The molecule has 4 rings (SSSR count). The molecule has 1 aliphatic rings. The molecule has 0 aromatic heterocycles. The van der Waals surface area contributed by atoms with Crippen LogP contribution in [0.25, 0.3) is 0 Å². The Morgan fingerprint density at radius 2 is 1.62 bits per heavy atom. The summed E-state index contributed by atoms with van der Waals surface area (Å²) in [7, 11) is 1.68. The Morgan fingerprint density at radius 3 is 2.32 bits per heavy atom. The SMILES string of the molecule is CC(C(=O)NC1N=C(c2ccccc2)c2ccccc2N(C)C1=O)[C@@H](O)CCc1ccccc1. The molecule has 0 saturated carbocycles. The summed E-state index contributed by atoms with van der Waals surface area (Å²) in [5.74, 6) is -1.44. The topological polar surface area (TPSA) is 82.0 Å². The first-order valence-electron chi connectivity index (χ1n) is 11.5. The van der Waals surface area contributed by atoms with Crippen LogP contribution in [0, 0.1) is 5.92 Å². The fraction of sp³-hybridized carbons (Fsp3) is 0.250. The van der Waals surface area contributed by atoms with Gasteiger partial charge in [0.2, 0.25) is 12.1 Å². The van der Waals surface area contributed by atoms with E-state index in [9.17, 15) is 14.7 Å². The maximum Gasteiger partial charge on any atom is 0.272 e. The minimum atomic E-state index is -1.09. The Morgan fingerprint density at radius 1 is 1.00 bits per heavy atom. The average Bonchev–Trinajstić information content (AvgIpc) is 2.98. The van der Waals surface area contributed by atoms with Crippen molar-refractivity contribution in [3.63, 3.8) is 0 Å². The molecule has 1 aliphatic heterocycles. The lowest BCUT2D eigenvalue weighted by Gasteiger charge is -2.23. The van der Waals surface area contributed by atoms with E-state index < -0.39 is 24.1 Å². The van der Waals surface area contributed by atoms with Gasteiger partial charge in [0.15, 0.2) is 0 Å². The van der Waals surface area contributed by atoms with Crippen LogP contribution >= 0.6 is 0 Å². The molecule has 6 nitrogen and oxygen atoms in total. The highest BCUT2D eigenvalue weighted by Crippen LogP contribution is 2.27. The van der Waals surface area contributed by atoms with Crippen molar-refractivity contribution in [1.29, 1.82) is 0 Å². The van der Waals surface area contributed by atoms with E-state index in [4.69, 9.17) is 4.99 Å². The number of aryl methyl sites for hydroxylation is 1. The van der Waals surface area contributed by atoms with Crippen LogP contribution in [0.3, 0.4) is 0 Å². The molecule has 1 heterocycles. The smallest absolute Gasteiger partial charge is 0.272 e. The third-order valence-corrected chi connectivity index (χ3v) is 6.23. The molecule has 0 bridgehead atoms. The first-order valence-corrected chi connectivity index (χ1v) is 11.5. The maximum absolute atomic E-state index is 13.3. The number of hydrogen-bond acceptors (Lipinski definition) is 4. The molecule has 0 saturated heterocycles. The van der Waals surface area contributed by atoms with Crippen molar-refractivity contribution < 1.29 is 14.7 Å². The number of aliphatic hydroxyl groups is 1. The fourth-order valence-electron chi connectivity index (χ4n) is 4.09. The maximum atomic E-state index is 13.3. The van der Waals surface area contributed by atoms with Crippen LogP contribution in [0.4, 0.5) is 5.69 Å². The van der Waals surface area contributed by atoms with Crippen molar-refractivity contribution in [1.82, 2.24) is 5.32 Å². The van der Waals surface area contributed by atoms with Crippen molar-refractivity contribution >= 4 is 23.2 Å². The fourth-order valence-corrected chi connectivity index (χ4v) is 4.09. The van der Waals surface area contributed by atoms with Gasteiger partial charge in [0, 0.05) is 18.2 Å². The molecular formula is C28H29N3O3. The number of benzene rings is 3. The zero-order valence-corrected chi connectivity index (χ0v) is 19.4. The summed E-state index contributed by atoms with van der Waals surface area (Å²) in [4.78, 5) is 32.5. The van der Waals surface area contributed by atoms with Crippen molar-refractivity contribution in [3.05, 3.63) is 102 Å². The molecule has 3 aromatic rings. The largest absolute Gasteiger partial charge is 0.392 e. The first kappa shape index (κ1) is 23.4. The highest BCUT2D eigenvalue weighted by Gasteiger charge is 2.33. The number of nitrogens with one attached hydrogen (secondary N) is 1. The highest BCUT2D eigenvalue weighted by molar-refractivity contribution is 6.20. The monoisotopic (exact) mass is 455 g/mol. The van der Waals surface area contributed by atoms with Gasteiger partial charge in [-0.2, -0.15) is 0 Å². The summed E-state index contributed by atoms with van der Waals surface area (Å²) in [6.07, 6.45) is -0.824. The normalized spacial score (nSPS) is 17.3. The number of rotatable bonds is 7. The molecule has 174 valence electrons. The third kappa shape index (κ3) is 5.07. The number of benzodiazepines with no additional fused rings is 1. The van der Waals surface area contributed by atoms with Gasteiger partial charge in [0.25, 0.3) is 5.91 Å². The second kappa shape index (κ2) is 10.4. The summed E-state index contributed by atoms with van der Waals surface area (Å²) in [6.45, 7) is 1.67. The number of carbonyl (C=O) groups is 2. The van der Waals surface area contributed by atoms with Crippen LogP contribution in [-0.2, 0) is 16.0 Å². The summed E-state index contributed by atoms with van der Waals surface area (Å²) in [5.41, 5.74) is 4.13. The molecule has 2 N–H and O–H groups in total. The lowest BCUT2D eigenvalue weighted by atomic mass is 9.97. The summed E-state index contributed by atoms with van der Waals surface area (Å²) in [5, 5.41) is 13.4. The van der Waals surface area contributed by atoms with E-state index in [2.05, 4.69) is 5.32 Å². The average molecular weight is 456 g/mol. The van der Waals surface area contributed by atoms with Crippen molar-refractivity contribution in [2.45, 2.75) is 32.0 Å². The molecule has 3 aromatic carbocycles. The van der Waals surface area contributed by atoms with Crippen molar-refractivity contribution in [3.8, 4) is 0 Å². The zero-order chi connectivity index (χ0) is 24.1. The predicted molar refractivity (Wildman–Crippen MR) is 134 cm³/mol. The van der Waals surface area contributed by atoms with Crippen molar-refractivity contribution in [2.24, 2.45) is 10.9 Å². The van der Waals surface area contributed by atoms with E-state index in [1.165, 1.54) is 4.90 Å². The molecular weight excluding hydrogens is 426 g/mol. The number of aliphatic hydroxyl groups excluding tert-OH is 1. The minimum Gasteiger partial charge on any atom is -0.392 e. The molecule has 0 spiro atoms. The molecule has 2 unspecified atom stereocenters. The van der Waals surface area contributed by atoms with Gasteiger partial charge >= 0.3 is 0 Å². The quantitative estimate of drug-likeness (QED) is 0.571. The highest BCUT2D eigenvalue weighted by atomic mass is 16.3. The first-order chi connectivity index (χ1) is 16.5. The Labute approximate surface area is 200 Å². The second-order valence-corrected chi connectivity index (χ2v) is 8.55. The Balaban J connectivity index is 1.55. The van der Waals surface area contributed by atoms with Crippen LogP contribution in [0.5, 0.6) is 0 Å². The van der Waals surface area contributed by atoms with E-state index in [0.717, 1.165) is 22.4 Å². The van der Waals surface area contributed by atoms with E-state index in [1.807, 2.05) is 84.9 Å². The molecule has 2 amide bonds. The van der Waals surface area contributed by atoms with E-state index in [1.54, 1.807) is 14.0 Å². The number of likely N-dealkylation sites (N-methyl/N-ethyl adjacent to an activating group) is 1.